The van der Waals surface area contributed by atoms with Crippen molar-refractivity contribution >= 4 is 5.97 Å². The quantitative estimate of drug-likeness (QED) is 0.894. The molecule has 0 radical (unpaired) electrons. The number of aryl methyl sites for hydroxylation is 2. The molecule has 0 atom stereocenters. The number of aromatic amines is 1. The molecule has 19 heavy (non-hydrogen) atoms. The number of H-pyrrole nitrogens is 1. The molecular weight excluding hydrogens is 254 g/mol. The van der Waals surface area contributed by atoms with Gasteiger partial charge in [0.2, 0.25) is 0 Å². The van der Waals surface area contributed by atoms with Crippen molar-refractivity contribution in [1.82, 2.24) is 10.2 Å². The van der Waals surface area contributed by atoms with Crippen molar-refractivity contribution in [2.45, 2.75) is 19.8 Å². The summed E-state index contributed by atoms with van der Waals surface area (Å²) in [7, 11) is 0. The molecule has 0 aliphatic heterocycles. The molecule has 1 heterocycles. The predicted molar refractivity (Wildman–Crippen MR) is 64.6 cm³/mol. The number of carbonyl (C=O) groups is 1. The van der Waals surface area contributed by atoms with E-state index in [1.54, 1.807) is 6.92 Å². The van der Waals surface area contributed by atoms with Crippen molar-refractivity contribution in [3.05, 3.63) is 41.2 Å². The lowest BCUT2D eigenvalue weighted by molar-refractivity contribution is -0.136. The summed E-state index contributed by atoms with van der Waals surface area (Å²) in [6.45, 7) is 1.74. The Labute approximate surface area is 108 Å². The molecule has 0 fully saturated rings. The van der Waals surface area contributed by atoms with Crippen LogP contribution in [0.3, 0.4) is 0 Å². The van der Waals surface area contributed by atoms with Crippen LogP contribution >= 0.6 is 0 Å². The minimum atomic E-state index is -0.942. The van der Waals surface area contributed by atoms with Crippen LogP contribution in [0.15, 0.2) is 18.2 Å². The van der Waals surface area contributed by atoms with Gasteiger partial charge in [0.25, 0.3) is 0 Å². The van der Waals surface area contributed by atoms with Crippen LogP contribution in [0.25, 0.3) is 11.1 Å². The summed E-state index contributed by atoms with van der Waals surface area (Å²) in [5.41, 5.74) is 2.32. The summed E-state index contributed by atoms with van der Waals surface area (Å²) < 4.78 is 26.2. The van der Waals surface area contributed by atoms with E-state index in [2.05, 4.69) is 10.2 Å². The number of hydrogen-bond acceptors (Lipinski definition) is 2. The molecule has 2 aromatic rings. The van der Waals surface area contributed by atoms with Crippen molar-refractivity contribution in [2.75, 3.05) is 0 Å². The van der Waals surface area contributed by atoms with E-state index in [0.717, 1.165) is 12.1 Å². The summed E-state index contributed by atoms with van der Waals surface area (Å²) in [4.78, 5) is 10.6. The number of nitrogens with zero attached hydrogens (tertiary/aromatic N) is 1. The van der Waals surface area contributed by atoms with Crippen LogP contribution in [0, 0.1) is 18.6 Å². The third-order valence-electron chi connectivity index (χ3n) is 2.81. The van der Waals surface area contributed by atoms with E-state index >= 15 is 0 Å². The maximum Gasteiger partial charge on any atom is 0.303 e. The molecule has 100 valence electrons. The van der Waals surface area contributed by atoms with Gasteiger partial charge in [-0.1, -0.05) is 6.07 Å². The molecule has 0 spiro atoms. The van der Waals surface area contributed by atoms with Crippen molar-refractivity contribution in [2.24, 2.45) is 0 Å². The fourth-order valence-corrected chi connectivity index (χ4v) is 1.92. The van der Waals surface area contributed by atoms with Gasteiger partial charge in [0.15, 0.2) is 11.6 Å². The van der Waals surface area contributed by atoms with Crippen LogP contribution in [0.2, 0.25) is 0 Å². The van der Waals surface area contributed by atoms with Crippen molar-refractivity contribution in [3.63, 3.8) is 0 Å². The number of hydrogen-bond donors (Lipinski definition) is 2. The van der Waals surface area contributed by atoms with Gasteiger partial charge in [-0.05, 0) is 24.6 Å². The Bertz CT molecular complexity index is 623. The zero-order valence-corrected chi connectivity index (χ0v) is 10.2. The van der Waals surface area contributed by atoms with Gasteiger partial charge >= 0.3 is 5.97 Å². The molecule has 0 unspecified atom stereocenters. The minimum absolute atomic E-state index is 0.0685. The van der Waals surface area contributed by atoms with E-state index in [1.807, 2.05) is 0 Å². The lowest BCUT2D eigenvalue weighted by Gasteiger charge is -2.04. The second-order valence-corrected chi connectivity index (χ2v) is 4.19. The number of carboxylic acid groups (broad SMARTS) is 1. The Morgan fingerprint density at radius 2 is 2.11 bits per heavy atom. The molecule has 4 nitrogen and oxygen atoms in total. The van der Waals surface area contributed by atoms with Gasteiger partial charge in [-0.3, -0.25) is 9.89 Å². The zero-order chi connectivity index (χ0) is 14.0. The smallest absolute Gasteiger partial charge is 0.303 e. The highest BCUT2D eigenvalue weighted by atomic mass is 19.2. The van der Waals surface area contributed by atoms with Crippen LogP contribution in [0.1, 0.15) is 17.8 Å². The van der Waals surface area contributed by atoms with E-state index in [-0.39, 0.29) is 12.8 Å². The summed E-state index contributed by atoms with van der Waals surface area (Å²) in [6.07, 6.45) is 0.162. The number of halogens is 2. The summed E-state index contributed by atoms with van der Waals surface area (Å²) in [5.74, 6) is -2.80. The van der Waals surface area contributed by atoms with Gasteiger partial charge in [0.05, 0.1) is 12.1 Å². The first-order chi connectivity index (χ1) is 8.99. The lowest BCUT2D eigenvalue weighted by Crippen LogP contribution is -1.99. The maximum atomic E-state index is 13.2. The first-order valence-electron chi connectivity index (χ1n) is 5.70. The highest BCUT2D eigenvalue weighted by Gasteiger charge is 2.15. The van der Waals surface area contributed by atoms with Crippen LogP contribution in [0.4, 0.5) is 8.78 Å². The van der Waals surface area contributed by atoms with E-state index < -0.39 is 17.6 Å². The average Bonchev–Trinajstić information content (AvgIpc) is 2.71. The molecule has 0 bridgehead atoms. The summed E-state index contributed by atoms with van der Waals surface area (Å²) in [6, 6.07) is 3.57. The normalized spacial score (nSPS) is 10.7. The number of benzene rings is 1. The van der Waals surface area contributed by atoms with E-state index in [0.29, 0.717) is 22.5 Å². The van der Waals surface area contributed by atoms with Crippen LogP contribution in [-0.2, 0) is 11.2 Å². The molecule has 0 saturated carbocycles. The van der Waals surface area contributed by atoms with Crippen molar-refractivity contribution in [3.8, 4) is 11.1 Å². The summed E-state index contributed by atoms with van der Waals surface area (Å²) >= 11 is 0. The second-order valence-electron chi connectivity index (χ2n) is 4.19. The van der Waals surface area contributed by atoms with Gasteiger partial charge in [-0.15, -0.1) is 0 Å². The second kappa shape index (κ2) is 5.17. The van der Waals surface area contributed by atoms with Crippen LogP contribution < -0.4 is 0 Å². The molecule has 2 rings (SSSR count). The van der Waals surface area contributed by atoms with Crippen LogP contribution in [-0.4, -0.2) is 21.3 Å². The van der Waals surface area contributed by atoms with Gasteiger partial charge in [0, 0.05) is 17.7 Å². The SMILES string of the molecule is Cc1[nH]nc(CCC(=O)O)c1-c1ccc(F)c(F)c1. The fourth-order valence-electron chi connectivity index (χ4n) is 1.92. The van der Waals surface area contributed by atoms with Gasteiger partial charge in [0.1, 0.15) is 0 Å². The Morgan fingerprint density at radius 3 is 2.74 bits per heavy atom. The topological polar surface area (TPSA) is 66.0 Å². The molecule has 2 N–H and O–H groups in total. The number of carboxylic acids is 1. The van der Waals surface area contributed by atoms with Crippen LogP contribution in [0.5, 0.6) is 0 Å². The largest absolute Gasteiger partial charge is 0.481 e. The first-order valence-corrected chi connectivity index (χ1v) is 5.70. The molecule has 0 aliphatic carbocycles. The minimum Gasteiger partial charge on any atom is -0.481 e. The third kappa shape index (κ3) is 2.78. The Morgan fingerprint density at radius 1 is 1.37 bits per heavy atom. The first kappa shape index (κ1) is 13.2. The highest BCUT2D eigenvalue weighted by Crippen LogP contribution is 2.27. The van der Waals surface area contributed by atoms with Crippen molar-refractivity contribution in [1.29, 1.82) is 0 Å². The highest BCUT2D eigenvalue weighted by molar-refractivity contribution is 5.71. The average molecular weight is 266 g/mol. The molecule has 6 heteroatoms. The Hall–Kier alpha value is -2.24. The standard InChI is InChI=1S/C13H12F2N2O2/c1-7-13(8-2-3-9(14)10(15)6-8)11(17-16-7)4-5-12(18)19/h2-3,6H,4-5H2,1H3,(H,16,17)(H,18,19). The number of aromatic nitrogens is 2. The monoisotopic (exact) mass is 266 g/mol. The lowest BCUT2D eigenvalue weighted by atomic mass is 10.0. The Balaban J connectivity index is 2.40. The van der Waals surface area contributed by atoms with Crippen molar-refractivity contribution < 1.29 is 18.7 Å². The van der Waals surface area contributed by atoms with Gasteiger partial charge < -0.3 is 5.11 Å². The molecular formula is C13H12F2N2O2. The molecule has 1 aromatic carbocycles. The van der Waals surface area contributed by atoms with Gasteiger partial charge in [-0.2, -0.15) is 5.10 Å². The number of aliphatic carboxylic acids is 1. The Kier molecular flexibility index (Phi) is 3.59. The predicted octanol–water partition coefficient (Wildman–Crippen LogP) is 2.68. The maximum absolute atomic E-state index is 13.2. The summed E-state index contributed by atoms with van der Waals surface area (Å²) in [5, 5.41) is 15.4. The number of rotatable bonds is 4. The van der Waals surface area contributed by atoms with Gasteiger partial charge in [-0.25, -0.2) is 8.78 Å². The molecule has 0 saturated heterocycles. The van der Waals surface area contributed by atoms with E-state index in [9.17, 15) is 13.6 Å². The van der Waals surface area contributed by atoms with E-state index in [4.69, 9.17) is 5.11 Å². The molecule has 0 amide bonds. The third-order valence-corrected chi connectivity index (χ3v) is 2.81. The molecule has 0 aliphatic rings. The number of nitrogens with one attached hydrogen (secondary N) is 1. The fraction of sp³-hybridized carbons (Fsp3) is 0.231. The zero-order valence-electron chi connectivity index (χ0n) is 10.2. The van der Waals surface area contributed by atoms with E-state index in [1.165, 1.54) is 6.07 Å². The molecule has 1 aromatic heterocycles.